The predicted octanol–water partition coefficient (Wildman–Crippen LogP) is 3.27. The number of rotatable bonds is 8. The molecule has 0 unspecified atom stereocenters. The van der Waals surface area contributed by atoms with E-state index in [1.54, 1.807) is 0 Å². The van der Waals surface area contributed by atoms with Crippen LogP contribution in [0.15, 0.2) is 0 Å². The SMILES string of the molecule is CC(=O)OOC1(OOC(C)=O)CCCCCC(OOC(C)=O)(OOC(C)=O)CCCCC1. The molecule has 1 saturated carbocycles. The van der Waals surface area contributed by atoms with Gasteiger partial charge in [-0.25, -0.2) is 19.2 Å². The molecule has 12 heteroatoms. The lowest BCUT2D eigenvalue weighted by molar-refractivity contribution is -0.486. The quantitative estimate of drug-likeness (QED) is 0.295. The molecular formula is C20H32O12. The third-order valence-electron chi connectivity index (χ3n) is 4.47. The summed E-state index contributed by atoms with van der Waals surface area (Å²) in [7, 11) is 0. The van der Waals surface area contributed by atoms with Gasteiger partial charge in [-0.05, 0) is 25.7 Å². The normalized spacial score (nSPS) is 18.9. The maximum atomic E-state index is 11.2. The number of hydrogen-bond acceptors (Lipinski definition) is 12. The third-order valence-corrected chi connectivity index (χ3v) is 4.47. The standard InChI is InChI=1S/C20H32O12/c1-15(21)25-29-19(30-26-16(2)22)11-7-5-9-13-20(31-27-17(3)23,32-28-18(4)24)14-10-6-8-12-19/h5-14H2,1-4H3. The van der Waals surface area contributed by atoms with E-state index in [1.165, 1.54) is 27.7 Å². The molecule has 0 aromatic carbocycles. The van der Waals surface area contributed by atoms with Gasteiger partial charge in [0.25, 0.3) is 11.6 Å². The molecule has 0 amide bonds. The molecule has 1 rings (SSSR count). The van der Waals surface area contributed by atoms with E-state index in [0.29, 0.717) is 38.5 Å². The first-order valence-electron chi connectivity index (χ1n) is 10.5. The van der Waals surface area contributed by atoms with Crippen LogP contribution in [0.2, 0.25) is 0 Å². The second-order valence-corrected chi connectivity index (χ2v) is 7.58. The molecule has 0 aromatic rings. The van der Waals surface area contributed by atoms with E-state index in [0.717, 1.165) is 0 Å². The Morgan fingerprint density at radius 1 is 0.438 bits per heavy atom. The summed E-state index contributed by atoms with van der Waals surface area (Å²) >= 11 is 0. The summed E-state index contributed by atoms with van der Waals surface area (Å²) in [6.45, 7) is 4.73. The van der Waals surface area contributed by atoms with Gasteiger partial charge in [-0.1, -0.05) is 12.8 Å². The minimum absolute atomic E-state index is 0.260. The van der Waals surface area contributed by atoms with Crippen LogP contribution in [-0.2, 0) is 58.3 Å². The van der Waals surface area contributed by atoms with Crippen LogP contribution in [0.25, 0.3) is 0 Å². The molecule has 1 aliphatic carbocycles. The van der Waals surface area contributed by atoms with Gasteiger partial charge in [0.2, 0.25) is 0 Å². The van der Waals surface area contributed by atoms with Crippen molar-refractivity contribution in [2.45, 2.75) is 103 Å². The lowest BCUT2D eigenvalue weighted by atomic mass is 9.94. The van der Waals surface area contributed by atoms with Gasteiger partial charge in [0.05, 0.1) is 0 Å². The van der Waals surface area contributed by atoms with Gasteiger partial charge in [-0.3, -0.25) is 19.6 Å². The summed E-state index contributed by atoms with van der Waals surface area (Å²) < 4.78 is 0. The highest BCUT2D eigenvalue weighted by Gasteiger charge is 2.40. The fraction of sp³-hybridized carbons (Fsp3) is 0.800. The van der Waals surface area contributed by atoms with E-state index in [1.807, 2.05) is 0 Å². The predicted molar refractivity (Wildman–Crippen MR) is 103 cm³/mol. The molecule has 1 aliphatic rings. The molecule has 0 bridgehead atoms. The molecule has 12 nitrogen and oxygen atoms in total. The first kappa shape index (κ1) is 27.8. The highest BCUT2D eigenvalue weighted by molar-refractivity contribution is 5.66. The zero-order valence-electron chi connectivity index (χ0n) is 19.0. The summed E-state index contributed by atoms with van der Waals surface area (Å²) in [4.78, 5) is 84.6. The lowest BCUT2D eigenvalue weighted by Crippen LogP contribution is -2.39. The maximum Gasteiger partial charge on any atom is 0.339 e. The Balaban J connectivity index is 2.88. The van der Waals surface area contributed by atoms with Crippen LogP contribution in [0.3, 0.4) is 0 Å². The molecule has 0 aromatic heterocycles. The number of hydrogen-bond donors (Lipinski definition) is 0. The highest BCUT2D eigenvalue weighted by atomic mass is 17.3. The van der Waals surface area contributed by atoms with E-state index in [2.05, 4.69) is 0 Å². The van der Waals surface area contributed by atoms with Crippen LogP contribution in [-0.4, -0.2) is 35.5 Å². The van der Waals surface area contributed by atoms with Gasteiger partial charge in [-0.2, -0.15) is 0 Å². The number of carbonyl (C=O) groups excluding carboxylic acids is 4. The highest BCUT2D eigenvalue weighted by Crippen LogP contribution is 2.34. The van der Waals surface area contributed by atoms with Crippen LogP contribution < -0.4 is 0 Å². The topological polar surface area (TPSA) is 142 Å². The Morgan fingerprint density at radius 2 is 0.656 bits per heavy atom. The Labute approximate surface area is 186 Å². The molecule has 0 N–H and O–H groups in total. The average molecular weight is 464 g/mol. The monoisotopic (exact) mass is 464 g/mol. The van der Waals surface area contributed by atoms with Crippen LogP contribution in [0.1, 0.15) is 91.9 Å². The van der Waals surface area contributed by atoms with Crippen molar-refractivity contribution in [3.8, 4) is 0 Å². The van der Waals surface area contributed by atoms with Gasteiger partial charge >= 0.3 is 23.9 Å². The number of carbonyl (C=O) groups is 4. The molecular weight excluding hydrogens is 432 g/mol. The van der Waals surface area contributed by atoms with Crippen LogP contribution >= 0.6 is 0 Å². The summed E-state index contributed by atoms with van der Waals surface area (Å²) in [6, 6.07) is 0. The van der Waals surface area contributed by atoms with Crippen molar-refractivity contribution in [1.82, 2.24) is 0 Å². The van der Waals surface area contributed by atoms with Crippen LogP contribution in [0.5, 0.6) is 0 Å². The molecule has 0 atom stereocenters. The van der Waals surface area contributed by atoms with Gasteiger partial charge in [0.1, 0.15) is 0 Å². The molecule has 0 radical (unpaired) electrons. The molecule has 184 valence electrons. The first-order valence-corrected chi connectivity index (χ1v) is 10.5. The molecule has 0 saturated heterocycles. The van der Waals surface area contributed by atoms with E-state index in [4.69, 9.17) is 39.1 Å². The molecule has 0 heterocycles. The van der Waals surface area contributed by atoms with E-state index >= 15 is 0 Å². The van der Waals surface area contributed by atoms with Gasteiger partial charge in [0.15, 0.2) is 0 Å². The van der Waals surface area contributed by atoms with Crippen molar-refractivity contribution >= 4 is 23.9 Å². The summed E-state index contributed by atoms with van der Waals surface area (Å²) in [6.07, 6.45) is 4.35. The minimum atomic E-state index is -1.43. The zero-order valence-corrected chi connectivity index (χ0v) is 19.0. The minimum Gasteiger partial charge on any atom is -0.296 e. The van der Waals surface area contributed by atoms with Crippen LogP contribution in [0, 0.1) is 0 Å². The van der Waals surface area contributed by atoms with Crippen molar-refractivity contribution < 1.29 is 58.3 Å². The van der Waals surface area contributed by atoms with Crippen LogP contribution in [0.4, 0.5) is 0 Å². The molecule has 32 heavy (non-hydrogen) atoms. The molecule has 1 fully saturated rings. The Morgan fingerprint density at radius 3 is 0.844 bits per heavy atom. The maximum absolute atomic E-state index is 11.2. The Kier molecular flexibility index (Phi) is 12.1. The summed E-state index contributed by atoms with van der Waals surface area (Å²) in [5, 5.41) is 0. The third kappa shape index (κ3) is 11.4. The van der Waals surface area contributed by atoms with E-state index < -0.39 is 35.5 Å². The zero-order chi connectivity index (χ0) is 24.0. The van der Waals surface area contributed by atoms with E-state index in [-0.39, 0.29) is 25.7 Å². The van der Waals surface area contributed by atoms with Crippen molar-refractivity contribution in [2.75, 3.05) is 0 Å². The van der Waals surface area contributed by atoms with Crippen molar-refractivity contribution in [2.24, 2.45) is 0 Å². The van der Waals surface area contributed by atoms with Gasteiger partial charge in [0, 0.05) is 53.4 Å². The largest absolute Gasteiger partial charge is 0.339 e. The molecule has 0 spiro atoms. The Bertz CT molecular complexity index is 526. The first-order chi connectivity index (χ1) is 15.1. The summed E-state index contributed by atoms with van der Waals surface area (Å²) in [5.41, 5.74) is 0. The van der Waals surface area contributed by atoms with E-state index in [9.17, 15) is 19.2 Å². The molecule has 0 aliphatic heterocycles. The smallest absolute Gasteiger partial charge is 0.296 e. The van der Waals surface area contributed by atoms with Gasteiger partial charge < -0.3 is 0 Å². The second-order valence-electron chi connectivity index (χ2n) is 7.58. The average Bonchev–Trinajstić information content (AvgIpc) is 2.71. The summed E-state index contributed by atoms with van der Waals surface area (Å²) in [5.74, 6) is -5.55. The fourth-order valence-electron chi connectivity index (χ4n) is 3.08. The van der Waals surface area contributed by atoms with Gasteiger partial charge in [-0.15, -0.1) is 19.6 Å². The second kappa shape index (κ2) is 14.0. The van der Waals surface area contributed by atoms with Crippen molar-refractivity contribution in [3.05, 3.63) is 0 Å². The van der Waals surface area contributed by atoms with Crippen molar-refractivity contribution in [3.63, 3.8) is 0 Å². The Hall–Kier alpha value is -2.28. The van der Waals surface area contributed by atoms with Crippen molar-refractivity contribution in [1.29, 1.82) is 0 Å². The lowest BCUT2D eigenvalue weighted by Gasteiger charge is -2.31. The fourth-order valence-corrected chi connectivity index (χ4v) is 3.08.